The largest absolute Gasteiger partial charge is 0.395 e. The van der Waals surface area contributed by atoms with E-state index >= 15 is 0 Å². The number of primary amides is 1. The molecule has 3 amide bonds. The molecule has 194 valence electrons. The minimum Gasteiger partial charge on any atom is -0.395 e. The fourth-order valence-electron chi connectivity index (χ4n) is 3.96. The van der Waals surface area contributed by atoms with Crippen molar-refractivity contribution in [3.8, 4) is 0 Å². The molecule has 1 atom stereocenters. The Morgan fingerprint density at radius 3 is 2.21 bits per heavy atom. The molecular formula is C28H26FN5O3S. The summed E-state index contributed by atoms with van der Waals surface area (Å²) >= 11 is 0.721. The van der Waals surface area contributed by atoms with Gasteiger partial charge in [-0.15, -0.1) is 0 Å². The first kappa shape index (κ1) is 26.5. The molecule has 0 bridgehead atoms. The summed E-state index contributed by atoms with van der Waals surface area (Å²) < 4.78 is 17.8. The summed E-state index contributed by atoms with van der Waals surface area (Å²) in [6.07, 6.45) is 0.775. The lowest BCUT2D eigenvalue weighted by Crippen LogP contribution is -2.44. The number of nitrogens with zero attached hydrogens (tertiary/aromatic N) is 2. The molecule has 0 spiro atoms. The highest BCUT2D eigenvalue weighted by Crippen LogP contribution is 2.33. The van der Waals surface area contributed by atoms with Crippen LogP contribution in [0.25, 0.3) is 0 Å². The molecular weight excluding hydrogens is 505 g/mol. The van der Waals surface area contributed by atoms with Crippen molar-refractivity contribution in [2.75, 3.05) is 10.6 Å². The quantitative estimate of drug-likeness (QED) is 0.297. The van der Waals surface area contributed by atoms with E-state index in [1.165, 1.54) is 29.2 Å². The molecule has 1 aromatic heterocycles. The van der Waals surface area contributed by atoms with Crippen molar-refractivity contribution < 1.29 is 18.8 Å². The van der Waals surface area contributed by atoms with Gasteiger partial charge in [0.2, 0.25) is 5.91 Å². The molecule has 4 rings (SSSR count). The summed E-state index contributed by atoms with van der Waals surface area (Å²) in [4.78, 5) is 40.8. The third kappa shape index (κ3) is 5.70. The minimum atomic E-state index is -1.20. The Morgan fingerprint density at radius 1 is 0.974 bits per heavy atom. The Bertz CT molecular complexity index is 1440. The maximum atomic E-state index is 14.0. The molecule has 3 aromatic carbocycles. The van der Waals surface area contributed by atoms with Gasteiger partial charge in [0, 0.05) is 12.2 Å². The summed E-state index contributed by atoms with van der Waals surface area (Å²) in [6, 6.07) is 20.6. The maximum Gasteiger partial charge on any atom is 0.273 e. The summed E-state index contributed by atoms with van der Waals surface area (Å²) in [5.74, 6) is -2.50. The summed E-state index contributed by atoms with van der Waals surface area (Å²) in [7, 11) is 0. The van der Waals surface area contributed by atoms with Crippen LogP contribution in [0.1, 0.15) is 49.8 Å². The van der Waals surface area contributed by atoms with Gasteiger partial charge in [0.05, 0.1) is 5.69 Å². The third-order valence-corrected chi connectivity index (χ3v) is 6.85. The van der Waals surface area contributed by atoms with E-state index in [0.29, 0.717) is 11.3 Å². The van der Waals surface area contributed by atoms with Gasteiger partial charge in [-0.2, -0.15) is 4.37 Å². The smallest absolute Gasteiger partial charge is 0.273 e. The highest BCUT2D eigenvalue weighted by atomic mass is 32.1. The van der Waals surface area contributed by atoms with Gasteiger partial charge in [-0.3, -0.25) is 19.3 Å². The average molecular weight is 532 g/mol. The van der Waals surface area contributed by atoms with E-state index in [9.17, 15) is 18.8 Å². The molecule has 0 aliphatic rings. The molecule has 38 heavy (non-hydrogen) atoms. The zero-order valence-corrected chi connectivity index (χ0v) is 21.4. The molecule has 8 nitrogen and oxygen atoms in total. The molecule has 0 saturated heterocycles. The van der Waals surface area contributed by atoms with Crippen molar-refractivity contribution in [1.82, 2.24) is 9.69 Å². The van der Waals surface area contributed by atoms with Gasteiger partial charge in [-0.05, 0) is 58.9 Å². The predicted molar refractivity (Wildman–Crippen MR) is 145 cm³/mol. The Balaban J connectivity index is 1.82. The molecule has 1 heterocycles. The lowest BCUT2D eigenvalue weighted by molar-refractivity contribution is -0.122. The van der Waals surface area contributed by atoms with Crippen LogP contribution in [0.2, 0.25) is 0 Å². The van der Waals surface area contributed by atoms with Gasteiger partial charge in [-0.1, -0.05) is 61.5 Å². The monoisotopic (exact) mass is 531 g/mol. The lowest BCUT2D eigenvalue weighted by Gasteiger charge is -2.31. The molecule has 0 aliphatic heterocycles. The van der Waals surface area contributed by atoms with Crippen LogP contribution in [0.15, 0.2) is 78.9 Å². The number of nitrogen functional groups attached to an aromatic ring is 1. The molecule has 5 N–H and O–H groups in total. The highest BCUT2D eigenvalue weighted by Gasteiger charge is 2.36. The molecule has 10 heteroatoms. The Labute approximate surface area is 223 Å². The summed E-state index contributed by atoms with van der Waals surface area (Å²) in [5, 5.41) is 2.89. The van der Waals surface area contributed by atoms with Crippen LogP contribution in [-0.2, 0) is 17.8 Å². The number of aryl methyl sites for hydroxylation is 1. The highest BCUT2D eigenvalue weighted by molar-refractivity contribution is 7.09. The molecule has 0 radical (unpaired) electrons. The number of hydrogen-bond donors (Lipinski definition) is 3. The van der Waals surface area contributed by atoms with Gasteiger partial charge in [0.1, 0.15) is 16.7 Å². The van der Waals surface area contributed by atoms with E-state index in [4.69, 9.17) is 11.5 Å². The van der Waals surface area contributed by atoms with Crippen LogP contribution in [0, 0.1) is 5.82 Å². The fraction of sp³-hybridized carbons (Fsp3) is 0.143. The van der Waals surface area contributed by atoms with Gasteiger partial charge in [0.15, 0.2) is 5.69 Å². The number of benzene rings is 3. The lowest BCUT2D eigenvalue weighted by atomic mass is 10.0. The molecule has 0 fully saturated rings. The standard InChI is InChI=1S/C28H26FN5O3S/c1-2-17-8-14-21(15-9-17)34(28(37)25-22(30)23(26(31)35)33-38-25)24(19-10-12-20(29)13-11-19)27(36)32-16-18-6-4-3-5-7-18/h3-15,24H,2,16,30H2,1H3,(H2,31,35)(H,32,36)/t24-/m1/s1. The first-order valence-corrected chi connectivity index (χ1v) is 12.6. The van der Waals surface area contributed by atoms with Crippen molar-refractivity contribution >= 4 is 40.6 Å². The minimum absolute atomic E-state index is 0.0404. The summed E-state index contributed by atoms with van der Waals surface area (Å²) in [5.41, 5.74) is 13.7. The van der Waals surface area contributed by atoms with Crippen LogP contribution in [-0.4, -0.2) is 22.1 Å². The number of halogens is 1. The number of nitrogens with one attached hydrogen (secondary N) is 1. The topological polar surface area (TPSA) is 131 Å². The average Bonchev–Trinajstić information content (AvgIpc) is 3.33. The third-order valence-electron chi connectivity index (χ3n) is 6.00. The zero-order valence-electron chi connectivity index (χ0n) is 20.6. The second kappa shape index (κ2) is 11.7. The summed E-state index contributed by atoms with van der Waals surface area (Å²) in [6.45, 7) is 2.21. The number of anilines is 2. The van der Waals surface area contributed by atoms with Crippen molar-refractivity contribution in [3.63, 3.8) is 0 Å². The predicted octanol–water partition coefficient (Wildman–Crippen LogP) is 4.23. The van der Waals surface area contributed by atoms with E-state index in [0.717, 1.165) is 29.1 Å². The first-order valence-electron chi connectivity index (χ1n) is 11.8. The van der Waals surface area contributed by atoms with Gasteiger partial charge in [-0.25, -0.2) is 4.39 Å². The molecule has 0 unspecified atom stereocenters. The van der Waals surface area contributed by atoms with E-state index in [1.54, 1.807) is 12.1 Å². The number of nitrogens with two attached hydrogens (primary N) is 2. The molecule has 0 saturated carbocycles. The van der Waals surface area contributed by atoms with Crippen molar-refractivity contribution in [1.29, 1.82) is 0 Å². The van der Waals surface area contributed by atoms with E-state index in [2.05, 4.69) is 9.69 Å². The van der Waals surface area contributed by atoms with Gasteiger partial charge < -0.3 is 16.8 Å². The van der Waals surface area contributed by atoms with Gasteiger partial charge >= 0.3 is 0 Å². The zero-order chi connectivity index (χ0) is 27.2. The van der Waals surface area contributed by atoms with Gasteiger partial charge in [0.25, 0.3) is 11.8 Å². The van der Waals surface area contributed by atoms with Crippen LogP contribution in [0.4, 0.5) is 15.8 Å². The number of carbonyl (C=O) groups is 3. The van der Waals surface area contributed by atoms with E-state index in [-0.39, 0.29) is 22.8 Å². The van der Waals surface area contributed by atoms with E-state index < -0.39 is 29.6 Å². The Morgan fingerprint density at radius 2 is 1.63 bits per heavy atom. The van der Waals surface area contributed by atoms with Crippen LogP contribution in [0.5, 0.6) is 0 Å². The second-order valence-corrected chi connectivity index (χ2v) is 9.26. The normalized spacial score (nSPS) is 11.5. The van der Waals surface area contributed by atoms with Crippen molar-refractivity contribution in [3.05, 3.63) is 112 Å². The van der Waals surface area contributed by atoms with Crippen molar-refractivity contribution in [2.24, 2.45) is 5.73 Å². The molecule has 4 aromatic rings. The number of aromatic nitrogens is 1. The van der Waals surface area contributed by atoms with Crippen molar-refractivity contribution in [2.45, 2.75) is 25.9 Å². The number of rotatable bonds is 9. The number of hydrogen-bond acceptors (Lipinski definition) is 6. The fourth-order valence-corrected chi connectivity index (χ4v) is 4.70. The molecule has 0 aliphatic carbocycles. The Kier molecular flexibility index (Phi) is 8.12. The Hall–Kier alpha value is -4.57. The van der Waals surface area contributed by atoms with E-state index in [1.807, 2.05) is 49.4 Å². The van der Waals surface area contributed by atoms with Crippen LogP contribution < -0.4 is 21.7 Å². The number of carbonyl (C=O) groups excluding carboxylic acids is 3. The van der Waals surface area contributed by atoms with Crippen LogP contribution in [0.3, 0.4) is 0 Å². The maximum absolute atomic E-state index is 14.0. The number of amides is 3. The second-order valence-electron chi connectivity index (χ2n) is 8.49. The van der Waals surface area contributed by atoms with Crippen LogP contribution >= 0.6 is 11.5 Å². The first-order chi connectivity index (χ1) is 18.3. The SMILES string of the molecule is CCc1ccc(N(C(=O)c2snc(C(N)=O)c2N)[C@@H](C(=O)NCc2ccccc2)c2ccc(F)cc2)cc1.